The van der Waals surface area contributed by atoms with Crippen LogP contribution in [-0.4, -0.2) is 28.4 Å². The molecule has 0 spiro atoms. The third-order valence-corrected chi connectivity index (χ3v) is 4.59. The standard InChI is InChI=1S/C19H18N4O3/c1-26-18-5-3-2-4-13(18)12-17-16-10-11-20-19(16)22(21-17)14-6-8-15(9-7-14)23(24)25/h2-9,20H,10-12H2,1H3. The number of hydrogen-bond donors (Lipinski definition) is 1. The van der Waals surface area contributed by atoms with E-state index in [1.165, 1.54) is 17.7 Å². The van der Waals surface area contributed by atoms with Crippen molar-refractivity contribution < 1.29 is 9.66 Å². The van der Waals surface area contributed by atoms with Gasteiger partial charge in [0.1, 0.15) is 11.6 Å². The Morgan fingerprint density at radius 3 is 2.73 bits per heavy atom. The quantitative estimate of drug-likeness (QED) is 0.564. The fraction of sp³-hybridized carbons (Fsp3) is 0.211. The van der Waals surface area contributed by atoms with Crippen molar-refractivity contribution in [2.45, 2.75) is 12.8 Å². The van der Waals surface area contributed by atoms with Gasteiger partial charge in [0, 0.05) is 36.2 Å². The zero-order chi connectivity index (χ0) is 18.1. The van der Waals surface area contributed by atoms with Crippen LogP contribution >= 0.6 is 0 Å². The van der Waals surface area contributed by atoms with E-state index >= 15 is 0 Å². The number of nitro benzene ring substituents is 1. The molecule has 2 aromatic carbocycles. The van der Waals surface area contributed by atoms with Crippen LogP contribution in [0.25, 0.3) is 5.69 Å². The second-order valence-corrected chi connectivity index (χ2v) is 6.12. The maximum absolute atomic E-state index is 10.9. The Bertz CT molecular complexity index is 963. The molecule has 7 nitrogen and oxygen atoms in total. The monoisotopic (exact) mass is 350 g/mol. The number of nitrogens with zero attached hydrogens (tertiary/aromatic N) is 3. The molecule has 2 heterocycles. The Labute approximate surface area is 150 Å². The van der Waals surface area contributed by atoms with E-state index < -0.39 is 4.92 Å². The molecule has 0 atom stereocenters. The van der Waals surface area contributed by atoms with E-state index in [-0.39, 0.29) is 5.69 Å². The molecular weight excluding hydrogens is 332 g/mol. The van der Waals surface area contributed by atoms with Crippen molar-refractivity contribution in [2.75, 3.05) is 19.0 Å². The van der Waals surface area contributed by atoms with Crippen LogP contribution in [0.5, 0.6) is 5.75 Å². The molecule has 0 radical (unpaired) electrons. The Hall–Kier alpha value is -3.35. The maximum atomic E-state index is 10.9. The minimum absolute atomic E-state index is 0.0692. The van der Waals surface area contributed by atoms with Crippen LogP contribution < -0.4 is 10.1 Å². The van der Waals surface area contributed by atoms with Crippen molar-refractivity contribution in [1.29, 1.82) is 0 Å². The lowest BCUT2D eigenvalue weighted by Gasteiger charge is -2.07. The second-order valence-electron chi connectivity index (χ2n) is 6.12. The summed E-state index contributed by atoms with van der Waals surface area (Å²) in [5.41, 5.74) is 4.13. The highest BCUT2D eigenvalue weighted by molar-refractivity contribution is 5.58. The van der Waals surface area contributed by atoms with Gasteiger partial charge in [-0.25, -0.2) is 4.68 Å². The molecule has 0 fully saturated rings. The van der Waals surface area contributed by atoms with Crippen LogP contribution in [0, 0.1) is 10.1 Å². The summed E-state index contributed by atoms with van der Waals surface area (Å²) in [6.07, 6.45) is 1.58. The first-order valence-electron chi connectivity index (χ1n) is 8.38. The highest BCUT2D eigenvalue weighted by Crippen LogP contribution is 2.32. The van der Waals surface area contributed by atoms with Crippen LogP contribution in [-0.2, 0) is 12.8 Å². The summed E-state index contributed by atoms with van der Waals surface area (Å²) in [5, 5.41) is 19.0. The number of anilines is 1. The third kappa shape index (κ3) is 2.77. The number of non-ortho nitro benzene ring substituents is 1. The highest BCUT2D eigenvalue weighted by Gasteiger charge is 2.24. The van der Waals surface area contributed by atoms with Gasteiger partial charge in [-0.1, -0.05) is 18.2 Å². The lowest BCUT2D eigenvalue weighted by Crippen LogP contribution is -2.05. The van der Waals surface area contributed by atoms with Crippen LogP contribution in [0.3, 0.4) is 0 Å². The Kier molecular flexibility index (Phi) is 4.04. The summed E-state index contributed by atoms with van der Waals surface area (Å²) in [6, 6.07) is 14.4. The molecular formula is C19H18N4O3. The van der Waals surface area contributed by atoms with Crippen molar-refractivity contribution in [2.24, 2.45) is 0 Å². The molecule has 0 bridgehead atoms. The average Bonchev–Trinajstić information content (AvgIpc) is 3.26. The molecule has 1 aliphatic rings. The molecule has 26 heavy (non-hydrogen) atoms. The fourth-order valence-electron chi connectivity index (χ4n) is 3.32. The van der Waals surface area contributed by atoms with Gasteiger partial charge in [0.15, 0.2) is 0 Å². The van der Waals surface area contributed by atoms with Gasteiger partial charge >= 0.3 is 0 Å². The number of para-hydroxylation sites is 1. The van der Waals surface area contributed by atoms with E-state index in [4.69, 9.17) is 9.84 Å². The lowest BCUT2D eigenvalue weighted by atomic mass is 10.0. The third-order valence-electron chi connectivity index (χ3n) is 4.59. The summed E-state index contributed by atoms with van der Waals surface area (Å²) in [7, 11) is 1.67. The largest absolute Gasteiger partial charge is 0.496 e. The van der Waals surface area contributed by atoms with E-state index in [1.54, 1.807) is 19.2 Å². The predicted octanol–water partition coefficient (Wildman–Crippen LogP) is 3.35. The minimum atomic E-state index is -0.400. The van der Waals surface area contributed by atoms with Crippen molar-refractivity contribution in [3.8, 4) is 11.4 Å². The van der Waals surface area contributed by atoms with Gasteiger partial charge in [-0.05, 0) is 24.6 Å². The van der Waals surface area contributed by atoms with Crippen molar-refractivity contribution in [3.63, 3.8) is 0 Å². The summed E-state index contributed by atoms with van der Waals surface area (Å²) in [6.45, 7) is 0.860. The summed E-state index contributed by atoms with van der Waals surface area (Å²) < 4.78 is 7.28. The van der Waals surface area contributed by atoms with E-state index in [2.05, 4.69) is 5.32 Å². The molecule has 132 valence electrons. The van der Waals surface area contributed by atoms with Gasteiger partial charge in [0.25, 0.3) is 5.69 Å². The molecule has 0 aliphatic carbocycles. The Morgan fingerprint density at radius 1 is 1.23 bits per heavy atom. The number of aromatic nitrogens is 2. The van der Waals surface area contributed by atoms with E-state index in [9.17, 15) is 10.1 Å². The fourth-order valence-corrected chi connectivity index (χ4v) is 3.32. The Morgan fingerprint density at radius 2 is 2.00 bits per heavy atom. The van der Waals surface area contributed by atoms with Crippen molar-refractivity contribution in [3.05, 3.63) is 75.5 Å². The summed E-state index contributed by atoms with van der Waals surface area (Å²) in [5.74, 6) is 1.81. The first-order chi connectivity index (χ1) is 12.7. The molecule has 7 heteroatoms. The predicted molar refractivity (Wildman–Crippen MR) is 98.2 cm³/mol. The number of nitro groups is 1. The average molecular weight is 350 g/mol. The molecule has 0 saturated heterocycles. The number of nitrogens with one attached hydrogen (secondary N) is 1. The molecule has 0 unspecified atom stereocenters. The van der Waals surface area contributed by atoms with Gasteiger partial charge in [0.2, 0.25) is 0 Å². The number of fused-ring (bicyclic) bond motifs is 1. The smallest absolute Gasteiger partial charge is 0.269 e. The normalized spacial score (nSPS) is 12.5. The van der Waals surface area contributed by atoms with Crippen LogP contribution in [0.15, 0.2) is 48.5 Å². The van der Waals surface area contributed by atoms with Crippen LogP contribution in [0.4, 0.5) is 11.5 Å². The zero-order valence-corrected chi connectivity index (χ0v) is 14.3. The summed E-state index contributed by atoms with van der Waals surface area (Å²) in [4.78, 5) is 10.5. The van der Waals surface area contributed by atoms with E-state index in [0.717, 1.165) is 41.5 Å². The SMILES string of the molecule is COc1ccccc1Cc1nn(-c2ccc([N+](=O)[O-])cc2)c2c1CCN2. The zero-order valence-electron chi connectivity index (χ0n) is 14.3. The molecule has 4 rings (SSSR count). The van der Waals surface area contributed by atoms with E-state index in [1.807, 2.05) is 28.9 Å². The number of methoxy groups -OCH3 is 1. The number of benzene rings is 2. The molecule has 0 saturated carbocycles. The van der Waals surface area contributed by atoms with Gasteiger partial charge < -0.3 is 10.1 Å². The number of ether oxygens (including phenoxy) is 1. The van der Waals surface area contributed by atoms with Gasteiger partial charge in [-0.15, -0.1) is 0 Å². The summed E-state index contributed by atoms with van der Waals surface area (Å²) >= 11 is 0. The van der Waals surface area contributed by atoms with E-state index in [0.29, 0.717) is 6.42 Å². The van der Waals surface area contributed by atoms with Gasteiger partial charge in [-0.3, -0.25) is 10.1 Å². The molecule has 1 aromatic heterocycles. The second kappa shape index (κ2) is 6.51. The minimum Gasteiger partial charge on any atom is -0.496 e. The first kappa shape index (κ1) is 16.1. The molecule has 3 aromatic rings. The first-order valence-corrected chi connectivity index (χ1v) is 8.38. The number of rotatable bonds is 5. The van der Waals surface area contributed by atoms with Crippen molar-refractivity contribution in [1.82, 2.24) is 9.78 Å². The molecule has 0 amide bonds. The molecule has 1 N–H and O–H groups in total. The van der Waals surface area contributed by atoms with Gasteiger partial charge in [-0.2, -0.15) is 5.10 Å². The number of hydrogen-bond acceptors (Lipinski definition) is 5. The van der Waals surface area contributed by atoms with Crippen molar-refractivity contribution >= 4 is 11.5 Å². The van der Waals surface area contributed by atoms with Crippen LogP contribution in [0.1, 0.15) is 16.8 Å². The Balaban J connectivity index is 1.72. The highest BCUT2D eigenvalue weighted by atomic mass is 16.6. The maximum Gasteiger partial charge on any atom is 0.269 e. The van der Waals surface area contributed by atoms with Gasteiger partial charge in [0.05, 0.1) is 23.4 Å². The van der Waals surface area contributed by atoms with Crippen LogP contribution in [0.2, 0.25) is 0 Å². The lowest BCUT2D eigenvalue weighted by molar-refractivity contribution is -0.384. The topological polar surface area (TPSA) is 82.2 Å². The molecule has 1 aliphatic heterocycles.